The fourth-order valence-electron chi connectivity index (χ4n) is 3.40. The molecule has 2 N–H and O–H groups in total. The number of anilines is 1. The van der Waals surface area contributed by atoms with Crippen molar-refractivity contribution >= 4 is 35.1 Å². The van der Waals surface area contributed by atoms with Crippen LogP contribution in [0.5, 0.6) is 0 Å². The Labute approximate surface area is 171 Å². The van der Waals surface area contributed by atoms with Crippen molar-refractivity contribution in [1.82, 2.24) is 4.90 Å². The highest BCUT2D eigenvalue weighted by molar-refractivity contribution is 6.31. The Hall–Kier alpha value is -2.12. The topological polar surface area (TPSA) is 80.2 Å². The van der Waals surface area contributed by atoms with E-state index in [4.69, 9.17) is 16.3 Å². The summed E-state index contributed by atoms with van der Waals surface area (Å²) in [6, 6.07) is 5.30. The predicted molar refractivity (Wildman–Crippen MR) is 107 cm³/mol. The first kappa shape index (κ1) is 22.2. The van der Waals surface area contributed by atoms with Gasteiger partial charge in [0.2, 0.25) is 5.91 Å². The van der Waals surface area contributed by atoms with Gasteiger partial charge in [0.05, 0.1) is 26.1 Å². The van der Waals surface area contributed by atoms with Gasteiger partial charge in [0.1, 0.15) is 6.54 Å². The first-order valence-electron chi connectivity index (χ1n) is 9.59. The molecule has 1 fully saturated rings. The number of likely N-dealkylation sites (tertiary alicyclic amines) is 1. The molecule has 7 nitrogen and oxygen atoms in total. The molecule has 2 amide bonds. The summed E-state index contributed by atoms with van der Waals surface area (Å²) in [5.74, 6) is -0.557. The summed E-state index contributed by atoms with van der Waals surface area (Å²) in [4.78, 5) is 39.3. The Balaban J connectivity index is 1.85. The minimum absolute atomic E-state index is 0.000643. The van der Waals surface area contributed by atoms with Crippen LogP contribution < -0.4 is 10.2 Å². The lowest BCUT2D eigenvalue weighted by atomic mass is 9.97. The van der Waals surface area contributed by atoms with Crippen molar-refractivity contribution in [1.29, 1.82) is 0 Å². The Morgan fingerprint density at radius 1 is 1.29 bits per heavy atom. The molecule has 0 saturated carbocycles. The van der Waals surface area contributed by atoms with Crippen LogP contribution in [0, 0.1) is 12.8 Å². The molecular weight excluding hydrogens is 382 g/mol. The normalized spacial score (nSPS) is 19.0. The van der Waals surface area contributed by atoms with Crippen LogP contribution in [0.15, 0.2) is 18.2 Å². The van der Waals surface area contributed by atoms with Crippen molar-refractivity contribution in [2.75, 3.05) is 45.2 Å². The molecule has 0 unspecified atom stereocenters. The molecule has 1 aromatic carbocycles. The molecule has 0 aliphatic carbocycles. The summed E-state index contributed by atoms with van der Waals surface area (Å²) in [7, 11) is 1.40. The third kappa shape index (κ3) is 6.21. The highest BCUT2D eigenvalue weighted by atomic mass is 35.5. The quantitative estimate of drug-likeness (QED) is 0.654. The maximum atomic E-state index is 12.6. The minimum atomic E-state index is -0.250. The van der Waals surface area contributed by atoms with Crippen molar-refractivity contribution < 1.29 is 24.0 Å². The molecular formula is C20H29ClN3O4+. The summed E-state index contributed by atoms with van der Waals surface area (Å²) in [5, 5.41) is 3.37. The zero-order chi connectivity index (χ0) is 20.7. The second kappa shape index (κ2) is 10.4. The molecule has 1 aromatic rings. The van der Waals surface area contributed by atoms with E-state index < -0.39 is 0 Å². The van der Waals surface area contributed by atoms with Gasteiger partial charge in [-0.15, -0.1) is 0 Å². The summed E-state index contributed by atoms with van der Waals surface area (Å²) in [6.45, 7) is 6.02. The lowest BCUT2D eigenvalue weighted by Gasteiger charge is -2.29. The first-order valence-corrected chi connectivity index (χ1v) is 9.97. The average Bonchev–Trinajstić information content (AvgIpc) is 2.68. The number of esters is 1. The van der Waals surface area contributed by atoms with E-state index >= 15 is 0 Å². The second-order valence-corrected chi connectivity index (χ2v) is 7.58. The number of quaternary nitrogens is 1. The number of likely N-dealkylation sites (N-methyl/N-ethyl adjacent to an activating group) is 1. The Morgan fingerprint density at radius 3 is 2.57 bits per heavy atom. The average molecular weight is 411 g/mol. The van der Waals surface area contributed by atoms with Gasteiger partial charge >= 0.3 is 5.97 Å². The fraction of sp³-hybridized carbons (Fsp3) is 0.550. The summed E-state index contributed by atoms with van der Waals surface area (Å²) < 4.78 is 4.79. The summed E-state index contributed by atoms with van der Waals surface area (Å²) in [5.41, 5.74) is 1.56. The Kier molecular flexibility index (Phi) is 8.26. The number of amides is 2. The van der Waals surface area contributed by atoms with Gasteiger partial charge in [0.25, 0.3) is 5.91 Å². The number of hydrogen-bond donors (Lipinski definition) is 2. The van der Waals surface area contributed by atoms with Crippen molar-refractivity contribution in [3.8, 4) is 0 Å². The van der Waals surface area contributed by atoms with Crippen molar-refractivity contribution in [3.05, 3.63) is 28.8 Å². The number of hydrogen-bond acceptors (Lipinski definition) is 4. The number of ether oxygens (including phenoxy) is 1. The van der Waals surface area contributed by atoms with Gasteiger partial charge in [0.15, 0.2) is 6.54 Å². The summed E-state index contributed by atoms with van der Waals surface area (Å²) >= 11 is 5.98. The van der Waals surface area contributed by atoms with E-state index in [1.165, 1.54) is 7.11 Å². The van der Waals surface area contributed by atoms with Gasteiger partial charge in [-0.3, -0.25) is 14.4 Å². The molecule has 0 spiro atoms. The van der Waals surface area contributed by atoms with Gasteiger partial charge in [-0.25, -0.2) is 0 Å². The zero-order valence-corrected chi connectivity index (χ0v) is 17.5. The number of carbonyl (C=O) groups is 3. The maximum Gasteiger partial charge on any atom is 0.309 e. The number of methoxy groups -OCH3 is 1. The number of nitrogens with one attached hydrogen (secondary N) is 2. The maximum absolute atomic E-state index is 12.6. The van der Waals surface area contributed by atoms with Crippen LogP contribution >= 0.6 is 11.6 Å². The largest absolute Gasteiger partial charge is 0.469 e. The summed E-state index contributed by atoms with van der Waals surface area (Å²) in [6.07, 6.45) is 1.44. The van der Waals surface area contributed by atoms with E-state index in [0.717, 1.165) is 36.4 Å². The number of benzene rings is 1. The van der Waals surface area contributed by atoms with Crippen molar-refractivity contribution in [2.24, 2.45) is 5.92 Å². The third-order valence-electron chi connectivity index (χ3n) is 5.17. The van der Waals surface area contributed by atoms with E-state index in [0.29, 0.717) is 23.8 Å². The van der Waals surface area contributed by atoms with Crippen LogP contribution in [-0.4, -0.2) is 62.5 Å². The first-order chi connectivity index (χ1) is 13.3. The van der Waals surface area contributed by atoms with Crippen LogP contribution in [0.4, 0.5) is 5.69 Å². The number of aryl methyl sites for hydroxylation is 1. The molecule has 1 heterocycles. The van der Waals surface area contributed by atoms with Crippen molar-refractivity contribution in [3.63, 3.8) is 0 Å². The number of halogens is 1. The van der Waals surface area contributed by atoms with E-state index in [2.05, 4.69) is 5.32 Å². The number of nitrogens with zero attached hydrogens (tertiary/aromatic N) is 1. The van der Waals surface area contributed by atoms with Crippen LogP contribution in [0.3, 0.4) is 0 Å². The monoisotopic (exact) mass is 410 g/mol. The lowest BCUT2D eigenvalue weighted by Crippen LogP contribution is -3.14. The van der Waals surface area contributed by atoms with E-state index in [1.54, 1.807) is 17.0 Å². The molecule has 154 valence electrons. The molecule has 2 rings (SSSR count). The molecule has 0 radical (unpaired) electrons. The van der Waals surface area contributed by atoms with Gasteiger partial charge in [0, 0.05) is 30.1 Å². The number of piperidine rings is 1. The molecule has 1 saturated heterocycles. The van der Waals surface area contributed by atoms with Gasteiger partial charge in [-0.1, -0.05) is 17.7 Å². The third-order valence-corrected chi connectivity index (χ3v) is 5.41. The number of rotatable bonds is 7. The van der Waals surface area contributed by atoms with Crippen LogP contribution in [-0.2, 0) is 19.1 Å². The van der Waals surface area contributed by atoms with Gasteiger partial charge < -0.3 is 19.9 Å². The molecule has 8 heteroatoms. The van der Waals surface area contributed by atoms with Gasteiger partial charge in [-0.05, 0) is 31.5 Å². The molecule has 28 heavy (non-hydrogen) atoms. The fourth-order valence-corrected chi connectivity index (χ4v) is 3.57. The number of carbonyl (C=O) groups excluding carboxylic acids is 3. The molecule has 0 atom stereocenters. The van der Waals surface area contributed by atoms with E-state index in [1.807, 2.05) is 19.9 Å². The van der Waals surface area contributed by atoms with Crippen LogP contribution in [0.1, 0.15) is 25.3 Å². The van der Waals surface area contributed by atoms with E-state index in [9.17, 15) is 14.4 Å². The van der Waals surface area contributed by atoms with Crippen molar-refractivity contribution in [2.45, 2.75) is 26.7 Å². The lowest BCUT2D eigenvalue weighted by molar-refractivity contribution is -0.898. The zero-order valence-electron chi connectivity index (χ0n) is 16.7. The Morgan fingerprint density at radius 2 is 1.96 bits per heavy atom. The highest BCUT2D eigenvalue weighted by Gasteiger charge is 2.30. The minimum Gasteiger partial charge on any atom is -0.469 e. The molecule has 0 bridgehead atoms. The van der Waals surface area contributed by atoms with Crippen LogP contribution in [0.25, 0.3) is 0 Å². The molecule has 1 aliphatic heterocycles. The molecule has 0 aromatic heterocycles. The smallest absolute Gasteiger partial charge is 0.309 e. The SMILES string of the molecule is CCN(CC(=O)Nc1cc(Cl)ccc1C)C(=O)C[NH+]1CCC(C(=O)OC)CC1. The van der Waals surface area contributed by atoms with E-state index in [-0.39, 0.29) is 30.2 Å². The van der Waals surface area contributed by atoms with Crippen LogP contribution in [0.2, 0.25) is 5.02 Å². The molecule has 1 aliphatic rings. The second-order valence-electron chi connectivity index (χ2n) is 7.14. The standard InChI is InChI=1S/C20H28ClN3O4/c1-4-24(12-18(25)22-17-11-16(21)6-5-14(17)2)19(26)13-23-9-7-15(8-10-23)20(27)28-3/h5-6,11,15H,4,7-10,12-13H2,1-3H3,(H,22,25)/p+1. The predicted octanol–water partition coefficient (Wildman–Crippen LogP) is 0.903. The Bertz CT molecular complexity index is 717. The van der Waals surface area contributed by atoms with Gasteiger partial charge in [-0.2, -0.15) is 0 Å². The highest BCUT2D eigenvalue weighted by Crippen LogP contribution is 2.20.